The van der Waals surface area contributed by atoms with Crippen molar-refractivity contribution in [1.29, 1.82) is 0 Å². The molecule has 8 heteroatoms. The average Bonchev–Trinajstić information content (AvgIpc) is 3.06. The van der Waals surface area contributed by atoms with E-state index in [4.69, 9.17) is 46.4 Å². The Bertz CT molecular complexity index is 1010. The second-order valence-electron chi connectivity index (χ2n) is 8.58. The van der Waals surface area contributed by atoms with Gasteiger partial charge in [-0.2, -0.15) is 0 Å². The predicted octanol–water partition coefficient (Wildman–Crippen LogP) is 6.89. The Morgan fingerprint density at radius 1 is 0.938 bits per heavy atom. The second-order valence-corrected chi connectivity index (χ2v) is 10.2. The number of amides is 1. The first kappa shape index (κ1) is 24.0. The van der Waals surface area contributed by atoms with Crippen molar-refractivity contribution in [2.45, 2.75) is 38.0 Å². The quantitative estimate of drug-likeness (QED) is 0.408. The molecular weight excluding hydrogens is 488 g/mol. The molecule has 1 fully saturated rings. The molecule has 4 rings (SSSR count). The van der Waals surface area contributed by atoms with Crippen LogP contribution in [0, 0.1) is 0 Å². The van der Waals surface area contributed by atoms with Crippen molar-refractivity contribution in [1.82, 2.24) is 4.90 Å². The number of benzene rings is 2. The zero-order valence-corrected chi connectivity index (χ0v) is 21.1. The first-order chi connectivity index (χ1) is 15.3. The lowest BCUT2D eigenvalue weighted by Crippen LogP contribution is -2.46. The van der Waals surface area contributed by atoms with Gasteiger partial charge in [-0.25, -0.2) is 0 Å². The first-order valence-corrected chi connectivity index (χ1v) is 12.6. The Labute approximate surface area is 209 Å². The molecule has 172 valence electrons. The third-order valence-corrected chi connectivity index (χ3v) is 8.07. The average molecular weight is 515 g/mol. The highest BCUT2D eigenvalue weighted by Gasteiger charge is 2.45. The van der Waals surface area contributed by atoms with Gasteiger partial charge in [0.25, 0.3) is 0 Å². The summed E-state index contributed by atoms with van der Waals surface area (Å²) in [5.74, 6) is 0.0365. The number of unbranched alkanes of at least 4 members (excludes halogenated alkanes) is 1. The van der Waals surface area contributed by atoms with Crippen LogP contribution in [0.3, 0.4) is 0 Å². The lowest BCUT2D eigenvalue weighted by Gasteiger charge is -2.36. The molecule has 1 atom stereocenters. The van der Waals surface area contributed by atoms with Gasteiger partial charge in [-0.05, 0) is 61.7 Å². The zero-order valence-electron chi connectivity index (χ0n) is 18.1. The van der Waals surface area contributed by atoms with E-state index in [2.05, 4.69) is 22.0 Å². The lowest BCUT2D eigenvalue weighted by atomic mass is 9.75. The topological polar surface area (TPSA) is 35.6 Å². The number of carbonyl (C=O) groups excluding carboxylic acids is 1. The summed E-state index contributed by atoms with van der Waals surface area (Å²) in [5, 5.41) is 5.25. The molecule has 0 saturated carbocycles. The minimum atomic E-state index is -0.545. The third kappa shape index (κ3) is 4.71. The van der Waals surface area contributed by atoms with Gasteiger partial charge in [0.05, 0.1) is 26.2 Å². The van der Waals surface area contributed by atoms with Crippen LogP contribution in [0.1, 0.15) is 38.2 Å². The molecule has 0 aliphatic carbocycles. The summed E-state index contributed by atoms with van der Waals surface area (Å²) in [6.45, 7) is 7.03. The molecule has 2 aliphatic heterocycles. The Kier molecular flexibility index (Phi) is 7.48. The van der Waals surface area contributed by atoms with Crippen molar-refractivity contribution >= 4 is 63.7 Å². The van der Waals surface area contributed by atoms with Crippen LogP contribution >= 0.6 is 46.4 Å². The molecule has 2 aliphatic rings. The van der Waals surface area contributed by atoms with E-state index in [9.17, 15) is 4.79 Å². The van der Waals surface area contributed by atoms with Crippen LogP contribution in [0.25, 0.3) is 0 Å². The van der Waals surface area contributed by atoms with Crippen molar-refractivity contribution in [3.63, 3.8) is 0 Å². The Hall–Kier alpha value is -1.17. The summed E-state index contributed by atoms with van der Waals surface area (Å²) >= 11 is 24.8. The van der Waals surface area contributed by atoms with Crippen LogP contribution in [0.5, 0.6) is 0 Å². The van der Waals surface area contributed by atoms with Crippen molar-refractivity contribution in [3.8, 4) is 0 Å². The predicted molar refractivity (Wildman–Crippen MR) is 136 cm³/mol. The van der Waals surface area contributed by atoms with E-state index in [1.165, 1.54) is 0 Å². The monoisotopic (exact) mass is 513 g/mol. The number of nitrogens with zero attached hydrogens (tertiary/aromatic N) is 2. The number of anilines is 2. The van der Waals surface area contributed by atoms with E-state index < -0.39 is 5.41 Å². The van der Waals surface area contributed by atoms with E-state index in [1.54, 1.807) is 6.07 Å². The van der Waals surface area contributed by atoms with Gasteiger partial charge in [-0.1, -0.05) is 59.7 Å². The van der Waals surface area contributed by atoms with E-state index >= 15 is 0 Å². The normalized spacial score (nSPS) is 21.0. The number of nitrogens with one attached hydrogen (secondary N) is 1. The zero-order chi connectivity index (χ0) is 22.9. The molecule has 1 N–H and O–H groups in total. The Morgan fingerprint density at radius 3 is 2.38 bits per heavy atom. The van der Waals surface area contributed by atoms with Crippen molar-refractivity contribution in [3.05, 3.63) is 56.0 Å². The molecule has 4 nitrogen and oxygen atoms in total. The largest absolute Gasteiger partial charge is 0.369 e. The molecule has 2 aromatic carbocycles. The fraction of sp³-hybridized carbons (Fsp3) is 0.458. The summed E-state index contributed by atoms with van der Waals surface area (Å²) < 4.78 is 0. The van der Waals surface area contributed by atoms with Crippen LogP contribution in [0.4, 0.5) is 11.4 Å². The standard InChI is InChI=1S/C24H27Cl4N3O/c1-2-24(18-13-16(25)14-21(28)22(18)29-23(24)32)7-3-4-8-30-9-11-31(12-10-30)17-5-6-19(26)20(27)15-17/h5-6,13-15H,2-4,7-12H2,1H3,(H,29,32). The molecule has 0 bridgehead atoms. The maximum atomic E-state index is 12.9. The molecule has 0 spiro atoms. The number of rotatable bonds is 7. The van der Waals surface area contributed by atoms with Crippen molar-refractivity contribution < 1.29 is 4.79 Å². The summed E-state index contributed by atoms with van der Waals surface area (Å²) in [5.41, 5.74) is 2.24. The minimum absolute atomic E-state index is 0.0365. The van der Waals surface area contributed by atoms with Gasteiger partial charge in [0, 0.05) is 36.9 Å². The minimum Gasteiger partial charge on any atom is -0.369 e. The molecule has 32 heavy (non-hydrogen) atoms. The number of carbonyl (C=O) groups is 1. The van der Waals surface area contributed by atoms with E-state index in [0.29, 0.717) is 20.1 Å². The number of fused-ring (bicyclic) bond motifs is 1. The van der Waals surface area contributed by atoms with Crippen LogP contribution in [0.15, 0.2) is 30.3 Å². The van der Waals surface area contributed by atoms with Gasteiger partial charge in [-0.15, -0.1) is 0 Å². The molecule has 2 aromatic rings. The highest BCUT2D eigenvalue weighted by Crippen LogP contribution is 2.47. The highest BCUT2D eigenvalue weighted by molar-refractivity contribution is 6.42. The first-order valence-electron chi connectivity index (χ1n) is 11.1. The summed E-state index contributed by atoms with van der Waals surface area (Å²) in [6.07, 6.45) is 3.54. The number of halogens is 4. The van der Waals surface area contributed by atoms with Gasteiger partial charge in [0.2, 0.25) is 5.91 Å². The van der Waals surface area contributed by atoms with Crippen LogP contribution in [-0.2, 0) is 10.2 Å². The third-order valence-electron chi connectivity index (χ3n) is 6.82. The molecule has 1 unspecified atom stereocenters. The van der Waals surface area contributed by atoms with Crippen molar-refractivity contribution in [2.75, 3.05) is 42.9 Å². The Morgan fingerprint density at radius 2 is 1.69 bits per heavy atom. The van der Waals surface area contributed by atoms with Gasteiger partial charge in [-0.3, -0.25) is 9.69 Å². The van der Waals surface area contributed by atoms with Gasteiger partial charge in [0.15, 0.2) is 0 Å². The molecular formula is C24H27Cl4N3O. The SMILES string of the molecule is CCC1(CCCCN2CCN(c3ccc(Cl)c(Cl)c3)CC2)C(=O)Nc2c(Cl)cc(Cl)cc21. The number of hydrogen-bond acceptors (Lipinski definition) is 3. The van der Waals surface area contributed by atoms with Gasteiger partial charge < -0.3 is 10.2 Å². The van der Waals surface area contributed by atoms with E-state index in [1.807, 2.05) is 24.3 Å². The summed E-state index contributed by atoms with van der Waals surface area (Å²) in [6, 6.07) is 9.40. The lowest BCUT2D eigenvalue weighted by molar-refractivity contribution is -0.121. The fourth-order valence-electron chi connectivity index (χ4n) is 4.88. The molecule has 0 aromatic heterocycles. The van der Waals surface area contributed by atoms with E-state index in [-0.39, 0.29) is 5.91 Å². The maximum absolute atomic E-state index is 12.9. The summed E-state index contributed by atoms with van der Waals surface area (Å²) in [4.78, 5) is 17.7. The molecule has 0 radical (unpaired) electrons. The smallest absolute Gasteiger partial charge is 0.235 e. The number of hydrogen-bond donors (Lipinski definition) is 1. The van der Waals surface area contributed by atoms with Gasteiger partial charge in [0.1, 0.15) is 0 Å². The van der Waals surface area contributed by atoms with Crippen LogP contribution in [-0.4, -0.2) is 43.5 Å². The molecule has 2 heterocycles. The van der Waals surface area contributed by atoms with Crippen LogP contribution < -0.4 is 10.2 Å². The molecule has 1 saturated heterocycles. The highest BCUT2D eigenvalue weighted by atomic mass is 35.5. The maximum Gasteiger partial charge on any atom is 0.235 e. The second kappa shape index (κ2) is 9.99. The van der Waals surface area contributed by atoms with Gasteiger partial charge >= 0.3 is 0 Å². The fourth-order valence-corrected chi connectivity index (χ4v) is 5.72. The number of piperazine rings is 1. The van der Waals surface area contributed by atoms with E-state index in [0.717, 1.165) is 75.3 Å². The molecule has 1 amide bonds. The van der Waals surface area contributed by atoms with Crippen LogP contribution in [0.2, 0.25) is 20.1 Å². The Balaban J connectivity index is 1.30. The van der Waals surface area contributed by atoms with Crippen molar-refractivity contribution in [2.24, 2.45) is 0 Å². The summed E-state index contributed by atoms with van der Waals surface area (Å²) in [7, 11) is 0.